The summed E-state index contributed by atoms with van der Waals surface area (Å²) in [5.74, 6) is -2.10. The Morgan fingerprint density at radius 3 is 2.29 bits per heavy atom. The Kier molecular flexibility index (Phi) is 7.62. The number of rotatable bonds is 7. The first-order valence-electron chi connectivity index (χ1n) is 10.6. The summed E-state index contributed by atoms with van der Waals surface area (Å²) in [6, 6.07) is 9.32. The lowest BCUT2D eigenvalue weighted by atomic mass is 10.0. The average molecular weight is 493 g/mol. The molecule has 182 valence electrons. The predicted octanol–water partition coefficient (Wildman–Crippen LogP) is 2.02. The molecule has 34 heavy (non-hydrogen) atoms. The van der Waals surface area contributed by atoms with E-state index in [0.717, 1.165) is 16.4 Å². The maximum Gasteiger partial charge on any atom is 0.270 e. The third kappa shape index (κ3) is 5.39. The molecule has 1 atom stereocenters. The monoisotopic (exact) mass is 492 g/mol. The van der Waals surface area contributed by atoms with Crippen molar-refractivity contribution in [2.45, 2.75) is 24.8 Å². The number of piperazine rings is 1. The van der Waals surface area contributed by atoms with Gasteiger partial charge in [-0.3, -0.25) is 19.7 Å². The second-order valence-electron chi connectivity index (χ2n) is 8.16. The lowest BCUT2D eigenvalue weighted by molar-refractivity contribution is -0.385. The molecule has 1 aliphatic heterocycles. The summed E-state index contributed by atoms with van der Waals surface area (Å²) >= 11 is 0. The molecule has 0 aromatic heterocycles. The molecule has 2 aromatic carbocycles. The van der Waals surface area contributed by atoms with Gasteiger partial charge in [-0.15, -0.1) is 0 Å². The largest absolute Gasteiger partial charge is 0.340 e. The number of carbonyl (C=O) groups is 2. The van der Waals surface area contributed by atoms with Crippen LogP contribution < -0.4 is 5.32 Å². The summed E-state index contributed by atoms with van der Waals surface area (Å²) in [6.07, 6.45) is 0. The van der Waals surface area contributed by atoms with Gasteiger partial charge in [0.2, 0.25) is 15.9 Å². The predicted molar refractivity (Wildman–Crippen MR) is 121 cm³/mol. The minimum atomic E-state index is -3.98. The van der Waals surface area contributed by atoms with E-state index in [1.807, 2.05) is 0 Å². The second kappa shape index (κ2) is 10.3. The van der Waals surface area contributed by atoms with Gasteiger partial charge in [0.15, 0.2) is 0 Å². The van der Waals surface area contributed by atoms with Gasteiger partial charge in [-0.1, -0.05) is 32.0 Å². The Labute approximate surface area is 196 Å². The van der Waals surface area contributed by atoms with Crippen molar-refractivity contribution in [3.63, 3.8) is 0 Å². The number of halogens is 1. The van der Waals surface area contributed by atoms with E-state index in [9.17, 15) is 32.5 Å². The lowest BCUT2D eigenvalue weighted by Gasteiger charge is -2.36. The van der Waals surface area contributed by atoms with E-state index < -0.39 is 38.6 Å². The normalized spacial score (nSPS) is 15.7. The molecule has 2 aromatic rings. The third-order valence-electron chi connectivity index (χ3n) is 5.55. The smallest absolute Gasteiger partial charge is 0.270 e. The molecular weight excluding hydrogens is 467 g/mol. The molecule has 0 unspecified atom stereocenters. The average Bonchev–Trinajstić information content (AvgIpc) is 2.82. The summed E-state index contributed by atoms with van der Waals surface area (Å²) in [4.78, 5) is 37.2. The number of hydrogen-bond acceptors (Lipinski definition) is 6. The summed E-state index contributed by atoms with van der Waals surface area (Å²) in [7, 11) is -3.98. The van der Waals surface area contributed by atoms with Crippen molar-refractivity contribution < 1.29 is 27.3 Å². The molecule has 3 rings (SSSR count). The van der Waals surface area contributed by atoms with Crippen LogP contribution in [0.25, 0.3) is 0 Å². The number of non-ortho nitro benzene ring substituents is 1. The zero-order valence-corrected chi connectivity index (χ0v) is 19.5. The quantitative estimate of drug-likeness (QED) is 0.465. The summed E-state index contributed by atoms with van der Waals surface area (Å²) in [6.45, 7) is 3.61. The van der Waals surface area contributed by atoms with Crippen LogP contribution in [0.1, 0.15) is 24.2 Å². The number of amides is 2. The molecule has 1 fully saturated rings. The van der Waals surface area contributed by atoms with Crippen LogP contribution in [0.3, 0.4) is 0 Å². The van der Waals surface area contributed by atoms with Crippen molar-refractivity contribution in [1.82, 2.24) is 14.5 Å². The Morgan fingerprint density at radius 1 is 1.06 bits per heavy atom. The number of nitro benzene ring substituents is 1. The standard InChI is InChI=1S/C22H25FN4O6S/c1-15(2)20(24-21(28)18-8-3-4-9-19(18)23)22(29)25-10-12-26(13-11-25)34(32,33)17-7-5-6-16(14-17)27(30)31/h3-9,14-15,20H,10-13H2,1-2H3,(H,24,28)/t20-/m0/s1. The van der Waals surface area contributed by atoms with Crippen LogP contribution in [-0.4, -0.2) is 66.6 Å². The van der Waals surface area contributed by atoms with Crippen LogP contribution >= 0.6 is 0 Å². The van der Waals surface area contributed by atoms with E-state index in [4.69, 9.17) is 0 Å². The van der Waals surface area contributed by atoms with Crippen molar-refractivity contribution in [2.75, 3.05) is 26.2 Å². The summed E-state index contributed by atoms with van der Waals surface area (Å²) < 4.78 is 41.0. The first-order valence-corrected chi connectivity index (χ1v) is 12.0. The first-order chi connectivity index (χ1) is 16.0. The topological polar surface area (TPSA) is 130 Å². The molecule has 0 saturated carbocycles. The minimum Gasteiger partial charge on any atom is -0.340 e. The molecule has 12 heteroatoms. The van der Waals surface area contributed by atoms with E-state index in [0.29, 0.717) is 0 Å². The van der Waals surface area contributed by atoms with Gasteiger partial charge >= 0.3 is 0 Å². The number of nitrogens with one attached hydrogen (secondary N) is 1. The molecule has 1 aliphatic rings. The van der Waals surface area contributed by atoms with Crippen LogP contribution in [0.2, 0.25) is 0 Å². The highest BCUT2D eigenvalue weighted by atomic mass is 32.2. The molecular formula is C22H25FN4O6S. The molecule has 0 bridgehead atoms. The van der Waals surface area contributed by atoms with Gasteiger partial charge in [0, 0.05) is 38.3 Å². The highest BCUT2D eigenvalue weighted by molar-refractivity contribution is 7.89. The Morgan fingerprint density at radius 2 is 1.71 bits per heavy atom. The van der Waals surface area contributed by atoms with Gasteiger partial charge in [-0.05, 0) is 24.1 Å². The van der Waals surface area contributed by atoms with Gasteiger partial charge in [-0.2, -0.15) is 4.31 Å². The number of hydrogen-bond donors (Lipinski definition) is 1. The van der Waals surface area contributed by atoms with Crippen LogP contribution in [0.5, 0.6) is 0 Å². The fourth-order valence-electron chi connectivity index (χ4n) is 3.63. The van der Waals surface area contributed by atoms with Gasteiger partial charge in [-0.25, -0.2) is 12.8 Å². The Bertz CT molecular complexity index is 1200. The highest BCUT2D eigenvalue weighted by Gasteiger charge is 2.35. The zero-order chi connectivity index (χ0) is 25.0. The maximum absolute atomic E-state index is 14.0. The Hall–Kier alpha value is -3.38. The van der Waals surface area contributed by atoms with E-state index in [1.54, 1.807) is 13.8 Å². The number of nitrogens with zero attached hydrogens (tertiary/aromatic N) is 3. The molecule has 10 nitrogen and oxygen atoms in total. The van der Waals surface area contributed by atoms with Gasteiger partial charge in [0.1, 0.15) is 11.9 Å². The fourth-order valence-corrected chi connectivity index (χ4v) is 5.09. The van der Waals surface area contributed by atoms with Gasteiger partial charge < -0.3 is 10.2 Å². The first kappa shape index (κ1) is 25.2. The molecule has 1 heterocycles. The SMILES string of the molecule is CC(C)[C@H](NC(=O)c1ccccc1F)C(=O)N1CCN(S(=O)(=O)c2cccc([N+](=O)[O-])c2)CC1. The fraction of sp³-hybridized carbons (Fsp3) is 0.364. The van der Waals surface area contributed by atoms with Crippen molar-refractivity contribution in [3.05, 3.63) is 70.0 Å². The second-order valence-corrected chi connectivity index (χ2v) is 10.1. The number of sulfonamides is 1. The van der Waals surface area contributed by atoms with Crippen LogP contribution in [0, 0.1) is 21.8 Å². The maximum atomic E-state index is 14.0. The van der Waals surface area contributed by atoms with Crippen LogP contribution in [0.15, 0.2) is 53.4 Å². The molecule has 1 saturated heterocycles. The van der Waals surface area contributed by atoms with E-state index in [2.05, 4.69) is 5.32 Å². The summed E-state index contributed by atoms with van der Waals surface area (Å²) in [5, 5.41) is 13.6. The van der Waals surface area contributed by atoms with Crippen molar-refractivity contribution in [2.24, 2.45) is 5.92 Å². The van der Waals surface area contributed by atoms with E-state index in [1.165, 1.54) is 41.3 Å². The van der Waals surface area contributed by atoms with Crippen LogP contribution in [0.4, 0.5) is 10.1 Å². The number of carbonyl (C=O) groups excluding carboxylic acids is 2. The summed E-state index contributed by atoms with van der Waals surface area (Å²) in [5.41, 5.74) is -0.505. The van der Waals surface area contributed by atoms with Crippen molar-refractivity contribution in [1.29, 1.82) is 0 Å². The zero-order valence-electron chi connectivity index (χ0n) is 18.7. The molecule has 0 radical (unpaired) electrons. The molecule has 0 aliphatic carbocycles. The van der Waals surface area contributed by atoms with Gasteiger partial charge in [0.25, 0.3) is 11.6 Å². The number of benzene rings is 2. The van der Waals surface area contributed by atoms with Crippen molar-refractivity contribution in [3.8, 4) is 0 Å². The highest BCUT2D eigenvalue weighted by Crippen LogP contribution is 2.22. The van der Waals surface area contributed by atoms with Crippen LogP contribution in [-0.2, 0) is 14.8 Å². The number of nitro groups is 1. The lowest BCUT2D eigenvalue weighted by Crippen LogP contribution is -2.57. The van der Waals surface area contributed by atoms with E-state index in [-0.39, 0.29) is 48.2 Å². The molecule has 2 amide bonds. The molecule has 0 spiro atoms. The van der Waals surface area contributed by atoms with Gasteiger partial charge in [0.05, 0.1) is 15.4 Å². The minimum absolute atomic E-state index is 0.0111. The molecule has 1 N–H and O–H groups in total. The Balaban J connectivity index is 1.68. The third-order valence-corrected chi connectivity index (χ3v) is 7.45. The van der Waals surface area contributed by atoms with E-state index >= 15 is 0 Å². The van der Waals surface area contributed by atoms with Crippen molar-refractivity contribution >= 4 is 27.5 Å².